The lowest BCUT2D eigenvalue weighted by atomic mass is 10.1. The topological polar surface area (TPSA) is 68.0 Å². The standard InChI is InChI=1S/C16H20FN3O2S/c1-4-7-18-16(21)11(3)23-9-14-19-15(20-22-14)12-6-5-10(2)13(17)8-12/h5-6,8,11H,4,7,9H2,1-3H3,(H,18,21). The maximum Gasteiger partial charge on any atom is 0.236 e. The number of hydrogen-bond donors (Lipinski definition) is 1. The van der Waals surface area contributed by atoms with Gasteiger partial charge in [-0.25, -0.2) is 4.39 Å². The molecule has 7 heteroatoms. The molecule has 124 valence electrons. The normalized spacial score (nSPS) is 12.2. The van der Waals surface area contributed by atoms with E-state index in [0.717, 1.165) is 6.42 Å². The van der Waals surface area contributed by atoms with E-state index in [0.29, 0.717) is 35.1 Å². The first-order valence-corrected chi connectivity index (χ1v) is 8.54. The molecule has 2 rings (SSSR count). The predicted octanol–water partition coefficient (Wildman–Crippen LogP) is 3.33. The number of aryl methyl sites for hydroxylation is 1. The number of hydrogen-bond acceptors (Lipinski definition) is 5. The van der Waals surface area contributed by atoms with E-state index >= 15 is 0 Å². The molecule has 0 radical (unpaired) electrons. The van der Waals surface area contributed by atoms with E-state index in [1.54, 1.807) is 19.1 Å². The number of carbonyl (C=O) groups is 1. The molecule has 0 saturated carbocycles. The van der Waals surface area contributed by atoms with Gasteiger partial charge in [0.25, 0.3) is 0 Å². The Morgan fingerprint density at radius 1 is 1.48 bits per heavy atom. The van der Waals surface area contributed by atoms with Crippen molar-refractivity contribution in [1.29, 1.82) is 0 Å². The molecule has 0 aliphatic carbocycles. The van der Waals surface area contributed by atoms with Gasteiger partial charge in [-0.15, -0.1) is 11.8 Å². The van der Waals surface area contributed by atoms with Gasteiger partial charge in [-0.2, -0.15) is 4.98 Å². The molecule has 1 unspecified atom stereocenters. The highest BCUT2D eigenvalue weighted by molar-refractivity contribution is 7.99. The van der Waals surface area contributed by atoms with Gasteiger partial charge in [0, 0.05) is 12.1 Å². The Bertz CT molecular complexity index is 675. The van der Waals surface area contributed by atoms with Crippen molar-refractivity contribution in [2.45, 2.75) is 38.2 Å². The number of nitrogens with zero attached hydrogens (tertiary/aromatic N) is 2. The molecule has 1 amide bonds. The molecule has 0 bridgehead atoms. The minimum atomic E-state index is -0.301. The van der Waals surface area contributed by atoms with E-state index in [9.17, 15) is 9.18 Å². The van der Waals surface area contributed by atoms with Crippen molar-refractivity contribution in [2.75, 3.05) is 6.54 Å². The summed E-state index contributed by atoms with van der Waals surface area (Å²) in [6, 6.07) is 4.81. The van der Waals surface area contributed by atoms with E-state index in [4.69, 9.17) is 4.52 Å². The Balaban J connectivity index is 1.94. The summed E-state index contributed by atoms with van der Waals surface area (Å²) < 4.78 is 18.7. The van der Waals surface area contributed by atoms with Crippen molar-refractivity contribution in [3.05, 3.63) is 35.5 Å². The molecule has 0 aliphatic rings. The minimum Gasteiger partial charge on any atom is -0.355 e. The quantitative estimate of drug-likeness (QED) is 0.839. The molecule has 1 aromatic heterocycles. The monoisotopic (exact) mass is 337 g/mol. The minimum absolute atomic E-state index is 0.00260. The number of amides is 1. The van der Waals surface area contributed by atoms with Crippen LogP contribution in [-0.4, -0.2) is 27.8 Å². The SMILES string of the molecule is CCCNC(=O)C(C)SCc1nc(-c2ccc(C)c(F)c2)no1. The highest BCUT2D eigenvalue weighted by Gasteiger charge is 2.16. The molecule has 1 aromatic carbocycles. The number of halogens is 1. The van der Waals surface area contributed by atoms with Crippen LogP contribution in [0, 0.1) is 12.7 Å². The van der Waals surface area contributed by atoms with Crippen LogP contribution in [0.2, 0.25) is 0 Å². The van der Waals surface area contributed by atoms with E-state index in [2.05, 4.69) is 15.5 Å². The molecule has 0 saturated heterocycles. The van der Waals surface area contributed by atoms with E-state index in [-0.39, 0.29) is 17.0 Å². The summed E-state index contributed by atoms with van der Waals surface area (Å²) in [7, 11) is 0. The maximum absolute atomic E-state index is 13.6. The van der Waals surface area contributed by atoms with E-state index in [1.807, 2.05) is 13.8 Å². The lowest BCUT2D eigenvalue weighted by molar-refractivity contribution is -0.120. The van der Waals surface area contributed by atoms with Crippen LogP contribution in [0.5, 0.6) is 0 Å². The van der Waals surface area contributed by atoms with Crippen molar-refractivity contribution < 1.29 is 13.7 Å². The summed E-state index contributed by atoms with van der Waals surface area (Å²) >= 11 is 1.42. The van der Waals surface area contributed by atoms with Gasteiger partial charge in [-0.3, -0.25) is 4.79 Å². The molecule has 0 spiro atoms. The van der Waals surface area contributed by atoms with Crippen LogP contribution in [0.15, 0.2) is 22.7 Å². The molecule has 1 N–H and O–H groups in total. The highest BCUT2D eigenvalue weighted by Crippen LogP contribution is 2.22. The maximum atomic E-state index is 13.6. The summed E-state index contributed by atoms with van der Waals surface area (Å²) in [5.74, 6) is 0.896. The van der Waals surface area contributed by atoms with Crippen LogP contribution < -0.4 is 5.32 Å². The third-order valence-electron chi connectivity index (χ3n) is 3.27. The number of carbonyl (C=O) groups excluding carboxylic acids is 1. The van der Waals surface area contributed by atoms with Crippen molar-refractivity contribution in [3.8, 4) is 11.4 Å². The molecule has 5 nitrogen and oxygen atoms in total. The van der Waals surface area contributed by atoms with Crippen LogP contribution in [0.25, 0.3) is 11.4 Å². The van der Waals surface area contributed by atoms with Crippen LogP contribution in [0.3, 0.4) is 0 Å². The third-order valence-corrected chi connectivity index (χ3v) is 4.40. The van der Waals surface area contributed by atoms with Crippen LogP contribution >= 0.6 is 11.8 Å². The van der Waals surface area contributed by atoms with E-state index in [1.165, 1.54) is 17.8 Å². The zero-order valence-corrected chi connectivity index (χ0v) is 14.2. The fraction of sp³-hybridized carbons (Fsp3) is 0.438. The van der Waals surface area contributed by atoms with Crippen LogP contribution in [0.4, 0.5) is 4.39 Å². The zero-order valence-electron chi connectivity index (χ0n) is 13.4. The largest absolute Gasteiger partial charge is 0.355 e. The van der Waals surface area contributed by atoms with Crippen molar-refractivity contribution in [3.63, 3.8) is 0 Å². The van der Waals surface area contributed by atoms with Gasteiger partial charge >= 0.3 is 0 Å². The molecule has 1 heterocycles. The summed E-state index contributed by atoms with van der Waals surface area (Å²) in [4.78, 5) is 16.0. The molecule has 23 heavy (non-hydrogen) atoms. The van der Waals surface area contributed by atoms with Crippen molar-refractivity contribution in [2.24, 2.45) is 0 Å². The molecular formula is C16H20FN3O2S. The van der Waals surface area contributed by atoms with Gasteiger partial charge < -0.3 is 9.84 Å². The van der Waals surface area contributed by atoms with Gasteiger partial charge in [0.2, 0.25) is 17.6 Å². The number of thioether (sulfide) groups is 1. The van der Waals surface area contributed by atoms with Gasteiger partial charge in [0.05, 0.1) is 11.0 Å². The Labute approximate surface area is 139 Å². The average molecular weight is 337 g/mol. The summed E-state index contributed by atoms with van der Waals surface area (Å²) in [5.41, 5.74) is 1.14. The first-order chi connectivity index (χ1) is 11.0. The average Bonchev–Trinajstić information content (AvgIpc) is 3.01. The first-order valence-electron chi connectivity index (χ1n) is 7.49. The second-order valence-electron chi connectivity index (χ2n) is 5.22. The Morgan fingerprint density at radius 2 is 2.26 bits per heavy atom. The second-order valence-corrected chi connectivity index (χ2v) is 6.55. The zero-order chi connectivity index (χ0) is 16.8. The summed E-state index contributed by atoms with van der Waals surface area (Å²) in [6.07, 6.45) is 0.906. The second kappa shape index (κ2) is 8.10. The lowest BCUT2D eigenvalue weighted by Gasteiger charge is -2.09. The van der Waals surface area contributed by atoms with Crippen LogP contribution in [0.1, 0.15) is 31.7 Å². The first kappa shape index (κ1) is 17.5. The highest BCUT2D eigenvalue weighted by atomic mass is 32.2. The Hall–Kier alpha value is -1.89. The number of rotatable bonds is 7. The number of benzene rings is 1. The molecule has 2 aromatic rings. The fourth-order valence-corrected chi connectivity index (χ4v) is 2.57. The number of aromatic nitrogens is 2. The van der Waals surface area contributed by atoms with Crippen molar-refractivity contribution in [1.82, 2.24) is 15.5 Å². The lowest BCUT2D eigenvalue weighted by Crippen LogP contribution is -2.31. The molecular weight excluding hydrogens is 317 g/mol. The summed E-state index contributed by atoms with van der Waals surface area (Å²) in [5, 5.41) is 6.51. The van der Waals surface area contributed by atoms with Crippen LogP contribution in [-0.2, 0) is 10.5 Å². The Morgan fingerprint density at radius 3 is 2.96 bits per heavy atom. The number of nitrogens with one attached hydrogen (secondary N) is 1. The molecule has 0 fully saturated rings. The Kier molecular flexibility index (Phi) is 6.15. The van der Waals surface area contributed by atoms with Gasteiger partial charge in [0.1, 0.15) is 5.82 Å². The fourth-order valence-electron chi connectivity index (χ4n) is 1.83. The van der Waals surface area contributed by atoms with E-state index < -0.39 is 0 Å². The predicted molar refractivity (Wildman–Crippen MR) is 88.5 cm³/mol. The van der Waals surface area contributed by atoms with Gasteiger partial charge in [-0.1, -0.05) is 24.2 Å². The smallest absolute Gasteiger partial charge is 0.236 e. The third kappa shape index (κ3) is 4.79. The molecule has 1 atom stereocenters. The summed E-state index contributed by atoms with van der Waals surface area (Å²) in [6.45, 7) is 6.21. The molecule has 0 aliphatic heterocycles. The van der Waals surface area contributed by atoms with Gasteiger partial charge in [0.15, 0.2) is 0 Å². The van der Waals surface area contributed by atoms with Crippen molar-refractivity contribution >= 4 is 17.7 Å². The van der Waals surface area contributed by atoms with Gasteiger partial charge in [-0.05, 0) is 31.9 Å².